The van der Waals surface area contributed by atoms with E-state index in [1.54, 1.807) is 17.5 Å². The maximum Gasteiger partial charge on any atom is 0.252 e. The standard InChI is InChI=1S/C20H26N2O3S2/c1-15(2)17-7-5-16(6-8-17)14-21-20(23)18-9-11-22(12-10-18)27(24,25)19-4-3-13-26-19/h3-8,13,15,18H,9-12,14H2,1-2H3,(H,21,23). The van der Waals surface area contributed by atoms with Gasteiger partial charge in [0.1, 0.15) is 4.21 Å². The van der Waals surface area contributed by atoms with Gasteiger partial charge in [0.15, 0.2) is 0 Å². The largest absolute Gasteiger partial charge is 0.352 e. The van der Waals surface area contributed by atoms with Gasteiger partial charge in [0.05, 0.1) is 0 Å². The second-order valence-corrected chi connectivity index (χ2v) is 10.3. The summed E-state index contributed by atoms with van der Waals surface area (Å²) in [4.78, 5) is 12.5. The van der Waals surface area contributed by atoms with Gasteiger partial charge in [-0.2, -0.15) is 4.31 Å². The lowest BCUT2D eigenvalue weighted by Crippen LogP contribution is -2.42. The number of sulfonamides is 1. The third-order valence-corrected chi connectivity index (χ3v) is 8.30. The molecular weight excluding hydrogens is 380 g/mol. The second-order valence-electron chi connectivity index (χ2n) is 7.22. The second kappa shape index (κ2) is 8.54. The predicted molar refractivity (Wildman–Crippen MR) is 108 cm³/mol. The highest BCUT2D eigenvalue weighted by Gasteiger charge is 2.32. The summed E-state index contributed by atoms with van der Waals surface area (Å²) in [5.41, 5.74) is 2.36. The van der Waals surface area contributed by atoms with Crippen LogP contribution in [0.25, 0.3) is 0 Å². The van der Waals surface area contributed by atoms with E-state index < -0.39 is 10.0 Å². The molecule has 0 radical (unpaired) electrons. The van der Waals surface area contributed by atoms with Gasteiger partial charge in [-0.3, -0.25) is 4.79 Å². The van der Waals surface area contributed by atoms with Crippen molar-refractivity contribution in [1.29, 1.82) is 0 Å². The van der Waals surface area contributed by atoms with Gasteiger partial charge in [0.25, 0.3) is 10.0 Å². The van der Waals surface area contributed by atoms with Gasteiger partial charge in [-0.25, -0.2) is 8.42 Å². The Morgan fingerprint density at radius 3 is 2.41 bits per heavy atom. The van der Waals surface area contributed by atoms with Crippen molar-refractivity contribution in [1.82, 2.24) is 9.62 Å². The number of carbonyl (C=O) groups excluding carboxylic acids is 1. The zero-order valence-corrected chi connectivity index (χ0v) is 17.4. The molecule has 0 bridgehead atoms. The van der Waals surface area contributed by atoms with Crippen molar-refractivity contribution in [2.24, 2.45) is 5.92 Å². The van der Waals surface area contributed by atoms with E-state index in [9.17, 15) is 13.2 Å². The molecule has 1 aliphatic rings. The highest BCUT2D eigenvalue weighted by atomic mass is 32.2. The highest BCUT2D eigenvalue weighted by molar-refractivity contribution is 7.91. The van der Waals surface area contributed by atoms with E-state index in [0.717, 1.165) is 5.56 Å². The van der Waals surface area contributed by atoms with Crippen LogP contribution in [-0.4, -0.2) is 31.7 Å². The lowest BCUT2D eigenvalue weighted by molar-refractivity contribution is -0.126. The third-order valence-electron chi connectivity index (χ3n) is 5.03. The fourth-order valence-electron chi connectivity index (χ4n) is 3.25. The van der Waals surface area contributed by atoms with Crippen LogP contribution >= 0.6 is 11.3 Å². The molecule has 1 fully saturated rings. The summed E-state index contributed by atoms with van der Waals surface area (Å²) in [6.07, 6.45) is 1.12. The van der Waals surface area contributed by atoms with Crippen molar-refractivity contribution < 1.29 is 13.2 Å². The SMILES string of the molecule is CC(C)c1ccc(CNC(=O)C2CCN(S(=O)(=O)c3cccs3)CC2)cc1. The first-order valence-electron chi connectivity index (χ1n) is 9.28. The third kappa shape index (κ3) is 4.78. The van der Waals surface area contributed by atoms with Crippen molar-refractivity contribution in [3.05, 3.63) is 52.9 Å². The summed E-state index contributed by atoms with van der Waals surface area (Å²) in [5.74, 6) is 0.370. The number of benzene rings is 1. The van der Waals surface area contributed by atoms with Crippen molar-refractivity contribution in [2.75, 3.05) is 13.1 Å². The molecule has 0 saturated carbocycles. The van der Waals surface area contributed by atoms with Gasteiger partial charge >= 0.3 is 0 Å². The first-order chi connectivity index (χ1) is 12.9. The molecule has 27 heavy (non-hydrogen) atoms. The van der Waals surface area contributed by atoms with E-state index in [4.69, 9.17) is 0 Å². The first-order valence-corrected chi connectivity index (χ1v) is 11.6. The van der Waals surface area contributed by atoms with Gasteiger partial charge in [0.2, 0.25) is 5.91 Å². The van der Waals surface area contributed by atoms with Crippen molar-refractivity contribution in [2.45, 2.75) is 43.4 Å². The maximum atomic E-state index is 12.5. The van der Waals surface area contributed by atoms with Crippen LogP contribution in [0.2, 0.25) is 0 Å². The summed E-state index contributed by atoms with van der Waals surface area (Å²) in [7, 11) is -3.41. The molecule has 0 spiro atoms. The Morgan fingerprint density at radius 2 is 1.85 bits per heavy atom. The number of hydrogen-bond donors (Lipinski definition) is 1. The molecule has 1 aromatic carbocycles. The van der Waals surface area contributed by atoms with E-state index in [-0.39, 0.29) is 11.8 Å². The lowest BCUT2D eigenvalue weighted by atomic mass is 9.97. The van der Waals surface area contributed by atoms with Crippen LogP contribution in [0, 0.1) is 5.92 Å². The molecule has 7 heteroatoms. The Morgan fingerprint density at radius 1 is 1.19 bits per heavy atom. The van der Waals surface area contributed by atoms with E-state index in [1.807, 2.05) is 12.1 Å². The number of amides is 1. The fraction of sp³-hybridized carbons (Fsp3) is 0.450. The van der Waals surface area contributed by atoms with Crippen LogP contribution in [0.4, 0.5) is 0 Å². The van der Waals surface area contributed by atoms with Crippen molar-refractivity contribution in [3.63, 3.8) is 0 Å². The lowest BCUT2D eigenvalue weighted by Gasteiger charge is -2.30. The number of nitrogens with zero attached hydrogens (tertiary/aromatic N) is 1. The number of carbonyl (C=O) groups is 1. The minimum Gasteiger partial charge on any atom is -0.352 e. The van der Waals surface area contributed by atoms with Crippen LogP contribution in [0.3, 0.4) is 0 Å². The Bertz CT molecular complexity index is 851. The summed E-state index contributed by atoms with van der Waals surface area (Å²) in [5, 5.41) is 4.76. The smallest absolute Gasteiger partial charge is 0.252 e. The number of hydrogen-bond acceptors (Lipinski definition) is 4. The molecule has 2 aromatic rings. The zero-order chi connectivity index (χ0) is 19.4. The highest BCUT2D eigenvalue weighted by Crippen LogP contribution is 2.26. The van der Waals surface area contributed by atoms with Gasteiger partial charge in [-0.05, 0) is 41.3 Å². The van der Waals surface area contributed by atoms with Gasteiger partial charge in [0, 0.05) is 25.6 Å². The van der Waals surface area contributed by atoms with Crippen LogP contribution in [-0.2, 0) is 21.4 Å². The van der Waals surface area contributed by atoms with Gasteiger partial charge < -0.3 is 5.32 Å². The Labute approximate surface area is 165 Å². The van der Waals surface area contributed by atoms with Crippen molar-refractivity contribution >= 4 is 27.3 Å². The average Bonchev–Trinajstić information content (AvgIpc) is 3.22. The molecule has 1 saturated heterocycles. The first kappa shape index (κ1) is 20.0. The van der Waals surface area contributed by atoms with Gasteiger partial charge in [-0.1, -0.05) is 44.2 Å². The predicted octanol–water partition coefficient (Wildman–Crippen LogP) is 3.59. The molecule has 3 rings (SSSR count). The molecule has 1 aromatic heterocycles. The van der Waals surface area contributed by atoms with E-state index in [0.29, 0.717) is 42.6 Å². The Balaban J connectivity index is 1.50. The van der Waals surface area contributed by atoms with Crippen LogP contribution < -0.4 is 5.32 Å². The summed E-state index contributed by atoms with van der Waals surface area (Å²) >= 11 is 1.23. The summed E-state index contributed by atoms with van der Waals surface area (Å²) in [6, 6.07) is 11.7. The number of rotatable bonds is 6. The molecule has 5 nitrogen and oxygen atoms in total. The number of piperidine rings is 1. The summed E-state index contributed by atoms with van der Waals surface area (Å²) < 4.78 is 27.0. The number of nitrogens with one attached hydrogen (secondary N) is 1. The quantitative estimate of drug-likeness (QED) is 0.797. The van der Waals surface area contributed by atoms with Gasteiger partial charge in [-0.15, -0.1) is 11.3 Å². The fourth-order valence-corrected chi connectivity index (χ4v) is 5.86. The van der Waals surface area contributed by atoms with E-state index in [1.165, 1.54) is 21.2 Å². The molecule has 146 valence electrons. The molecule has 2 heterocycles. The Hall–Kier alpha value is -1.70. The maximum absolute atomic E-state index is 12.5. The topological polar surface area (TPSA) is 66.5 Å². The molecule has 0 aliphatic carbocycles. The normalized spacial score (nSPS) is 16.6. The molecule has 1 aliphatic heterocycles. The monoisotopic (exact) mass is 406 g/mol. The molecule has 0 unspecified atom stereocenters. The average molecular weight is 407 g/mol. The molecule has 1 amide bonds. The van der Waals surface area contributed by atoms with Crippen LogP contribution in [0.1, 0.15) is 43.7 Å². The zero-order valence-electron chi connectivity index (χ0n) is 15.7. The van der Waals surface area contributed by atoms with E-state index in [2.05, 4.69) is 31.3 Å². The molecule has 1 N–H and O–H groups in total. The minimum absolute atomic E-state index is 0.0103. The summed E-state index contributed by atoms with van der Waals surface area (Å²) in [6.45, 7) is 5.59. The minimum atomic E-state index is -3.41. The number of thiophene rings is 1. The van der Waals surface area contributed by atoms with Crippen molar-refractivity contribution in [3.8, 4) is 0 Å². The molecular formula is C20H26N2O3S2. The van der Waals surface area contributed by atoms with Crippen LogP contribution in [0.5, 0.6) is 0 Å². The Kier molecular flexibility index (Phi) is 6.34. The van der Waals surface area contributed by atoms with Crippen LogP contribution in [0.15, 0.2) is 46.0 Å². The van der Waals surface area contributed by atoms with E-state index >= 15 is 0 Å². The molecule has 0 atom stereocenters.